The average Bonchev–Trinajstić information content (AvgIpc) is 3.82. The summed E-state index contributed by atoms with van der Waals surface area (Å²) in [5.74, 6) is -0.214. The molecule has 5 rings (SSSR count). The lowest BCUT2D eigenvalue weighted by Gasteiger charge is -2.32. The lowest BCUT2D eigenvalue weighted by atomic mass is 10.1. The SMILES string of the molecule is CN(C/C=C/CN1CCC[C@@H](Nc2nnc(C(N)=O)c(Nc3ccc(C(=O)N4CCOCC4)cc3)n2)C1)C1CC1. The van der Waals surface area contributed by atoms with Crippen molar-refractivity contribution in [3.8, 4) is 0 Å². The summed E-state index contributed by atoms with van der Waals surface area (Å²) in [6, 6.07) is 7.95. The number of hydrogen-bond donors (Lipinski definition) is 3. The lowest BCUT2D eigenvalue weighted by molar-refractivity contribution is 0.0303. The predicted octanol–water partition coefficient (Wildman–Crippen LogP) is 1.71. The number of nitrogens with zero attached hydrogens (tertiary/aromatic N) is 6. The Labute approximate surface area is 234 Å². The van der Waals surface area contributed by atoms with E-state index >= 15 is 0 Å². The Morgan fingerprint density at radius 1 is 1.10 bits per heavy atom. The molecule has 0 radical (unpaired) electrons. The molecule has 214 valence electrons. The van der Waals surface area contributed by atoms with Crippen molar-refractivity contribution in [2.75, 3.05) is 70.2 Å². The number of benzene rings is 1. The number of morpholine rings is 1. The van der Waals surface area contributed by atoms with E-state index < -0.39 is 5.91 Å². The molecule has 0 spiro atoms. The van der Waals surface area contributed by atoms with Gasteiger partial charge < -0.3 is 26.0 Å². The highest BCUT2D eigenvalue weighted by Gasteiger charge is 2.25. The third kappa shape index (κ3) is 7.52. The van der Waals surface area contributed by atoms with Gasteiger partial charge in [0.25, 0.3) is 11.8 Å². The van der Waals surface area contributed by atoms with Crippen molar-refractivity contribution in [3.63, 3.8) is 0 Å². The van der Waals surface area contributed by atoms with Crippen LogP contribution in [0.3, 0.4) is 0 Å². The van der Waals surface area contributed by atoms with Gasteiger partial charge in [-0.2, -0.15) is 4.98 Å². The number of primary amides is 1. The van der Waals surface area contributed by atoms with Crippen molar-refractivity contribution in [2.45, 2.75) is 37.8 Å². The number of piperidine rings is 1. The summed E-state index contributed by atoms with van der Waals surface area (Å²) in [5, 5.41) is 14.7. The highest BCUT2D eigenvalue weighted by molar-refractivity contribution is 5.97. The fourth-order valence-electron chi connectivity index (χ4n) is 5.07. The van der Waals surface area contributed by atoms with Gasteiger partial charge in [0.2, 0.25) is 5.95 Å². The molecule has 1 aromatic carbocycles. The van der Waals surface area contributed by atoms with Crippen LogP contribution in [0.15, 0.2) is 36.4 Å². The van der Waals surface area contributed by atoms with Gasteiger partial charge in [0.15, 0.2) is 11.5 Å². The standard InChI is InChI=1S/C28H39N9O3/c1-35(23-10-11-23)12-2-3-13-36-14-4-5-22(19-36)31-28-32-26(24(25(29)38)33-34-28)30-21-8-6-20(7-9-21)27(39)37-15-17-40-18-16-37/h2-3,6-9,22-23H,4-5,10-19H2,1H3,(H2,29,38)(H2,30,31,32,34)/b3-2+/t22-/m1/s1. The number of rotatable bonds is 11. The Bertz CT molecular complexity index is 1200. The second-order valence-corrected chi connectivity index (χ2v) is 10.7. The number of anilines is 3. The van der Waals surface area contributed by atoms with E-state index in [-0.39, 0.29) is 23.5 Å². The number of carbonyl (C=O) groups excluding carboxylic acids is 2. The van der Waals surface area contributed by atoms with Gasteiger partial charge in [0.1, 0.15) is 0 Å². The minimum atomic E-state index is -0.726. The zero-order valence-electron chi connectivity index (χ0n) is 23.1. The van der Waals surface area contributed by atoms with Gasteiger partial charge in [0.05, 0.1) is 13.2 Å². The van der Waals surface area contributed by atoms with Gasteiger partial charge >= 0.3 is 0 Å². The first-order valence-corrected chi connectivity index (χ1v) is 14.1. The van der Waals surface area contributed by atoms with Crippen LogP contribution in [0.2, 0.25) is 0 Å². The topological polar surface area (TPSA) is 142 Å². The van der Waals surface area contributed by atoms with E-state index in [1.54, 1.807) is 29.2 Å². The van der Waals surface area contributed by atoms with Gasteiger partial charge in [-0.1, -0.05) is 12.2 Å². The van der Waals surface area contributed by atoms with Crippen LogP contribution in [0.25, 0.3) is 0 Å². The molecule has 2 saturated heterocycles. The number of carbonyl (C=O) groups is 2. The van der Waals surface area contributed by atoms with Crippen LogP contribution < -0.4 is 16.4 Å². The van der Waals surface area contributed by atoms with Crippen LogP contribution in [0.5, 0.6) is 0 Å². The maximum atomic E-state index is 12.7. The number of nitrogens with two attached hydrogens (primary N) is 1. The van der Waals surface area contributed by atoms with Crippen molar-refractivity contribution < 1.29 is 14.3 Å². The molecular formula is C28H39N9O3. The molecule has 3 fully saturated rings. The first kappa shape index (κ1) is 27.9. The molecule has 0 bridgehead atoms. The first-order chi connectivity index (χ1) is 19.5. The zero-order valence-corrected chi connectivity index (χ0v) is 23.1. The number of likely N-dealkylation sites (N-methyl/N-ethyl adjacent to an activating group) is 1. The van der Waals surface area contributed by atoms with E-state index in [2.05, 4.69) is 54.8 Å². The molecule has 12 nitrogen and oxygen atoms in total. The minimum Gasteiger partial charge on any atom is -0.378 e. The van der Waals surface area contributed by atoms with Crippen molar-refractivity contribution in [1.82, 2.24) is 29.9 Å². The van der Waals surface area contributed by atoms with Crippen molar-refractivity contribution in [2.24, 2.45) is 5.73 Å². The molecule has 1 saturated carbocycles. The van der Waals surface area contributed by atoms with Crippen LogP contribution in [-0.2, 0) is 4.74 Å². The number of hydrogen-bond acceptors (Lipinski definition) is 10. The monoisotopic (exact) mass is 549 g/mol. The average molecular weight is 550 g/mol. The summed E-state index contributed by atoms with van der Waals surface area (Å²) >= 11 is 0. The highest BCUT2D eigenvalue weighted by Crippen LogP contribution is 2.25. The van der Waals surface area contributed by atoms with Gasteiger partial charge in [-0.25, -0.2) is 0 Å². The summed E-state index contributed by atoms with van der Waals surface area (Å²) < 4.78 is 5.33. The molecule has 1 aliphatic carbocycles. The van der Waals surface area contributed by atoms with Gasteiger partial charge in [-0.3, -0.25) is 19.4 Å². The summed E-state index contributed by atoms with van der Waals surface area (Å²) in [4.78, 5) is 35.9. The number of likely N-dealkylation sites (tertiary alicyclic amines) is 1. The fraction of sp³-hybridized carbons (Fsp3) is 0.536. The fourth-order valence-corrected chi connectivity index (χ4v) is 5.07. The van der Waals surface area contributed by atoms with E-state index in [4.69, 9.17) is 10.5 Å². The third-order valence-corrected chi connectivity index (χ3v) is 7.55. The summed E-state index contributed by atoms with van der Waals surface area (Å²) in [6.07, 6.45) is 9.21. The van der Waals surface area contributed by atoms with Crippen molar-refractivity contribution >= 4 is 29.3 Å². The van der Waals surface area contributed by atoms with Crippen LogP contribution in [0.4, 0.5) is 17.5 Å². The molecule has 0 unspecified atom stereocenters. The quantitative estimate of drug-likeness (QED) is 0.355. The number of amides is 2. The minimum absolute atomic E-state index is 0.0366. The Morgan fingerprint density at radius 2 is 1.88 bits per heavy atom. The Balaban J connectivity index is 1.19. The van der Waals surface area contributed by atoms with Crippen LogP contribution >= 0.6 is 0 Å². The predicted molar refractivity (Wildman–Crippen MR) is 153 cm³/mol. The lowest BCUT2D eigenvalue weighted by Crippen LogP contribution is -2.42. The molecule has 3 aliphatic rings. The Hall–Kier alpha value is -3.61. The highest BCUT2D eigenvalue weighted by atomic mass is 16.5. The number of aromatic nitrogens is 3. The van der Waals surface area contributed by atoms with Gasteiger partial charge in [-0.15, -0.1) is 10.2 Å². The molecule has 1 atom stereocenters. The molecule has 4 N–H and O–H groups in total. The van der Waals surface area contributed by atoms with Crippen LogP contribution in [-0.4, -0.2) is 113 Å². The molecule has 2 amide bonds. The van der Waals surface area contributed by atoms with E-state index in [1.807, 2.05) is 0 Å². The maximum Gasteiger partial charge on any atom is 0.273 e. The molecule has 12 heteroatoms. The molecular weight excluding hydrogens is 510 g/mol. The molecule has 2 aliphatic heterocycles. The zero-order chi connectivity index (χ0) is 27.9. The van der Waals surface area contributed by atoms with Crippen molar-refractivity contribution in [1.29, 1.82) is 0 Å². The van der Waals surface area contributed by atoms with E-state index in [0.717, 1.165) is 45.1 Å². The van der Waals surface area contributed by atoms with Crippen LogP contribution in [0.1, 0.15) is 46.5 Å². The van der Waals surface area contributed by atoms with Crippen molar-refractivity contribution in [3.05, 3.63) is 47.7 Å². The molecule has 1 aromatic heterocycles. The summed E-state index contributed by atoms with van der Waals surface area (Å²) in [7, 11) is 2.19. The molecule has 40 heavy (non-hydrogen) atoms. The Kier molecular flexibility index (Phi) is 9.19. The molecule has 3 heterocycles. The van der Waals surface area contributed by atoms with E-state index in [0.29, 0.717) is 43.5 Å². The van der Waals surface area contributed by atoms with E-state index in [9.17, 15) is 9.59 Å². The second kappa shape index (κ2) is 13.2. The maximum absolute atomic E-state index is 12.7. The van der Waals surface area contributed by atoms with Crippen LogP contribution in [0, 0.1) is 0 Å². The number of nitrogens with one attached hydrogen (secondary N) is 2. The smallest absolute Gasteiger partial charge is 0.273 e. The molecule has 2 aromatic rings. The Morgan fingerprint density at radius 3 is 2.60 bits per heavy atom. The third-order valence-electron chi connectivity index (χ3n) is 7.55. The van der Waals surface area contributed by atoms with Gasteiger partial charge in [-0.05, 0) is 63.5 Å². The first-order valence-electron chi connectivity index (χ1n) is 14.1. The van der Waals surface area contributed by atoms with Gasteiger partial charge in [0, 0.05) is 56.1 Å². The normalized spacial score (nSPS) is 20.1. The largest absolute Gasteiger partial charge is 0.378 e. The van der Waals surface area contributed by atoms with E-state index in [1.165, 1.54) is 12.8 Å². The second-order valence-electron chi connectivity index (χ2n) is 10.7. The summed E-state index contributed by atoms with van der Waals surface area (Å²) in [6.45, 7) is 6.08. The summed E-state index contributed by atoms with van der Waals surface area (Å²) in [5.41, 5.74) is 6.72. The number of ether oxygens (including phenoxy) is 1.